The lowest BCUT2D eigenvalue weighted by atomic mass is 10.1. The van der Waals surface area contributed by atoms with Gasteiger partial charge in [-0.3, -0.25) is 9.89 Å². The lowest BCUT2D eigenvalue weighted by Gasteiger charge is -2.04. The molecule has 0 atom stereocenters. The molecule has 0 radical (unpaired) electrons. The van der Waals surface area contributed by atoms with Crippen LogP contribution in [0.3, 0.4) is 0 Å². The van der Waals surface area contributed by atoms with Crippen molar-refractivity contribution < 1.29 is 9.53 Å². The molecule has 0 fully saturated rings. The molecule has 0 aliphatic carbocycles. The monoisotopic (exact) mass is 307 g/mol. The standard InChI is InChI=1S/C16H13N5O2/c1-23-10-4-2-9(3-5-10)17-8-11-14-12(18-16(11)22)6-7-13-15(14)20-21-19-13/h2-8,17H,1H3,(H,18,22)(H,19,20,21)/b11-8+. The molecule has 1 aliphatic heterocycles. The highest BCUT2D eigenvalue weighted by atomic mass is 16.5. The molecule has 1 aromatic heterocycles. The van der Waals surface area contributed by atoms with Gasteiger partial charge in [0.15, 0.2) is 0 Å². The van der Waals surface area contributed by atoms with E-state index in [9.17, 15) is 4.79 Å². The minimum Gasteiger partial charge on any atom is -0.497 e. The number of methoxy groups -OCH3 is 1. The van der Waals surface area contributed by atoms with Crippen LogP contribution in [0.4, 0.5) is 11.4 Å². The predicted octanol–water partition coefficient (Wildman–Crippen LogP) is 2.37. The van der Waals surface area contributed by atoms with E-state index in [1.807, 2.05) is 36.4 Å². The zero-order valence-corrected chi connectivity index (χ0v) is 12.3. The van der Waals surface area contributed by atoms with Crippen molar-refractivity contribution in [1.29, 1.82) is 0 Å². The number of amides is 1. The van der Waals surface area contributed by atoms with Gasteiger partial charge in [-0.05, 0) is 36.4 Å². The number of nitrogens with one attached hydrogen (secondary N) is 3. The summed E-state index contributed by atoms with van der Waals surface area (Å²) in [5, 5.41) is 16.6. The Morgan fingerprint density at radius 1 is 1.17 bits per heavy atom. The zero-order chi connectivity index (χ0) is 15.8. The highest BCUT2D eigenvalue weighted by Gasteiger charge is 2.27. The fourth-order valence-corrected chi connectivity index (χ4v) is 2.58. The first-order valence-electron chi connectivity index (χ1n) is 7.02. The van der Waals surface area contributed by atoms with E-state index in [0.29, 0.717) is 5.57 Å². The molecule has 7 heteroatoms. The van der Waals surface area contributed by atoms with E-state index < -0.39 is 0 Å². The number of H-pyrrole nitrogens is 1. The third kappa shape index (κ3) is 2.18. The molecule has 0 unspecified atom stereocenters. The summed E-state index contributed by atoms with van der Waals surface area (Å²) in [6.45, 7) is 0. The summed E-state index contributed by atoms with van der Waals surface area (Å²) in [7, 11) is 1.62. The van der Waals surface area contributed by atoms with E-state index >= 15 is 0 Å². The Morgan fingerprint density at radius 2 is 2.00 bits per heavy atom. The molecule has 0 spiro atoms. The number of nitrogens with zero attached hydrogens (tertiary/aromatic N) is 2. The van der Waals surface area contributed by atoms with Gasteiger partial charge in [0.05, 0.1) is 23.9 Å². The maximum absolute atomic E-state index is 12.2. The van der Waals surface area contributed by atoms with Gasteiger partial charge >= 0.3 is 0 Å². The molecular weight excluding hydrogens is 294 g/mol. The lowest BCUT2D eigenvalue weighted by molar-refractivity contribution is -0.110. The second-order valence-electron chi connectivity index (χ2n) is 5.08. The van der Waals surface area contributed by atoms with Gasteiger partial charge in [0, 0.05) is 17.5 Å². The maximum Gasteiger partial charge on any atom is 0.257 e. The number of benzene rings is 2. The van der Waals surface area contributed by atoms with Gasteiger partial charge in [-0.1, -0.05) is 5.21 Å². The minimum atomic E-state index is -0.164. The van der Waals surface area contributed by atoms with Crippen molar-refractivity contribution in [3.05, 3.63) is 48.2 Å². The Hall–Kier alpha value is -3.35. The number of rotatable bonds is 3. The van der Waals surface area contributed by atoms with Crippen molar-refractivity contribution in [2.75, 3.05) is 17.7 Å². The Labute approximate surface area is 131 Å². The third-order valence-corrected chi connectivity index (χ3v) is 3.74. The fraction of sp³-hybridized carbons (Fsp3) is 0.0625. The molecule has 3 N–H and O–H groups in total. The molecule has 0 saturated carbocycles. The molecule has 7 nitrogen and oxygen atoms in total. The number of hydrogen-bond donors (Lipinski definition) is 3. The van der Waals surface area contributed by atoms with Crippen LogP contribution < -0.4 is 15.4 Å². The molecule has 3 aromatic rings. The number of aromatic nitrogens is 3. The molecule has 4 rings (SSSR count). The smallest absolute Gasteiger partial charge is 0.257 e. The van der Waals surface area contributed by atoms with Crippen LogP contribution in [0.15, 0.2) is 42.6 Å². The molecule has 114 valence electrons. The van der Waals surface area contributed by atoms with Crippen molar-refractivity contribution in [2.24, 2.45) is 0 Å². The Morgan fingerprint density at radius 3 is 2.78 bits per heavy atom. The van der Waals surface area contributed by atoms with Crippen molar-refractivity contribution in [3.63, 3.8) is 0 Å². The Kier molecular flexibility index (Phi) is 2.97. The van der Waals surface area contributed by atoms with Crippen LogP contribution in [0.25, 0.3) is 16.6 Å². The van der Waals surface area contributed by atoms with Gasteiger partial charge in [0.25, 0.3) is 5.91 Å². The quantitative estimate of drug-likeness (QED) is 0.646. The maximum atomic E-state index is 12.2. The zero-order valence-electron chi connectivity index (χ0n) is 12.3. The normalized spacial score (nSPS) is 14.8. The van der Waals surface area contributed by atoms with Gasteiger partial charge in [0.1, 0.15) is 11.3 Å². The minimum absolute atomic E-state index is 0.164. The summed E-state index contributed by atoms with van der Waals surface area (Å²) in [5.74, 6) is 0.612. The Balaban J connectivity index is 1.71. The van der Waals surface area contributed by atoms with Crippen LogP contribution in [0.5, 0.6) is 5.75 Å². The van der Waals surface area contributed by atoms with E-state index in [-0.39, 0.29) is 5.91 Å². The van der Waals surface area contributed by atoms with Gasteiger partial charge in [-0.15, -0.1) is 5.10 Å². The first-order chi connectivity index (χ1) is 11.3. The van der Waals surface area contributed by atoms with Crippen molar-refractivity contribution in [1.82, 2.24) is 15.4 Å². The van der Waals surface area contributed by atoms with E-state index in [1.54, 1.807) is 13.3 Å². The number of ether oxygens (including phenoxy) is 1. The first kappa shape index (κ1) is 13.3. The Bertz CT molecular complexity index is 927. The molecule has 2 heterocycles. The van der Waals surface area contributed by atoms with E-state index in [4.69, 9.17) is 4.74 Å². The third-order valence-electron chi connectivity index (χ3n) is 3.74. The molecule has 0 bridgehead atoms. The number of anilines is 2. The molecule has 1 amide bonds. The largest absolute Gasteiger partial charge is 0.497 e. The van der Waals surface area contributed by atoms with Crippen molar-refractivity contribution in [2.45, 2.75) is 0 Å². The van der Waals surface area contributed by atoms with Gasteiger partial charge in [0.2, 0.25) is 0 Å². The molecule has 0 saturated heterocycles. The number of hydrogen-bond acceptors (Lipinski definition) is 5. The number of carbonyl (C=O) groups excluding carboxylic acids is 1. The molecular formula is C16H13N5O2. The average Bonchev–Trinajstić information content (AvgIpc) is 3.16. The van der Waals surface area contributed by atoms with Crippen LogP contribution in [0.2, 0.25) is 0 Å². The summed E-state index contributed by atoms with van der Waals surface area (Å²) < 4.78 is 5.12. The van der Waals surface area contributed by atoms with Gasteiger partial charge in [-0.25, -0.2) is 0 Å². The highest BCUT2D eigenvalue weighted by Crippen LogP contribution is 2.36. The van der Waals surface area contributed by atoms with Crippen LogP contribution in [0.1, 0.15) is 5.56 Å². The van der Waals surface area contributed by atoms with Gasteiger partial charge < -0.3 is 15.4 Å². The summed E-state index contributed by atoms with van der Waals surface area (Å²) in [6.07, 6.45) is 1.68. The van der Waals surface area contributed by atoms with E-state index in [2.05, 4.69) is 26.0 Å². The molecule has 1 aliphatic rings. The van der Waals surface area contributed by atoms with Crippen molar-refractivity contribution in [3.8, 4) is 5.75 Å². The number of aromatic amines is 1. The lowest BCUT2D eigenvalue weighted by Crippen LogP contribution is -2.05. The average molecular weight is 307 g/mol. The predicted molar refractivity (Wildman–Crippen MR) is 87.1 cm³/mol. The van der Waals surface area contributed by atoms with Crippen LogP contribution in [0, 0.1) is 0 Å². The summed E-state index contributed by atoms with van der Waals surface area (Å²) in [6, 6.07) is 11.1. The number of carbonyl (C=O) groups is 1. The second-order valence-corrected chi connectivity index (χ2v) is 5.08. The highest BCUT2D eigenvalue weighted by molar-refractivity contribution is 6.34. The van der Waals surface area contributed by atoms with Crippen LogP contribution in [-0.2, 0) is 4.79 Å². The van der Waals surface area contributed by atoms with Gasteiger partial charge in [-0.2, -0.15) is 0 Å². The SMILES string of the molecule is COc1ccc(N/C=C2/C(=O)Nc3ccc4nn[nH]c4c32)cc1. The molecule has 2 aromatic carbocycles. The summed E-state index contributed by atoms with van der Waals surface area (Å²) in [4.78, 5) is 12.2. The van der Waals surface area contributed by atoms with E-state index in [0.717, 1.165) is 33.7 Å². The summed E-state index contributed by atoms with van der Waals surface area (Å²) in [5.41, 5.74) is 4.37. The first-order valence-corrected chi connectivity index (χ1v) is 7.02. The topological polar surface area (TPSA) is 91.9 Å². The molecule has 23 heavy (non-hydrogen) atoms. The van der Waals surface area contributed by atoms with Crippen LogP contribution in [-0.4, -0.2) is 28.4 Å². The second kappa shape index (κ2) is 5.13. The summed E-state index contributed by atoms with van der Waals surface area (Å²) >= 11 is 0. The number of fused-ring (bicyclic) bond motifs is 3. The van der Waals surface area contributed by atoms with E-state index in [1.165, 1.54) is 0 Å². The van der Waals surface area contributed by atoms with Crippen LogP contribution >= 0.6 is 0 Å². The fourth-order valence-electron chi connectivity index (χ4n) is 2.58. The van der Waals surface area contributed by atoms with Crippen molar-refractivity contribution >= 4 is 33.9 Å².